The van der Waals surface area contributed by atoms with Gasteiger partial charge in [-0.1, -0.05) is 24.3 Å². The first-order valence-electron chi connectivity index (χ1n) is 5.88. The summed E-state index contributed by atoms with van der Waals surface area (Å²) in [5.41, 5.74) is 2.33. The van der Waals surface area contributed by atoms with Crippen LogP contribution in [0.1, 0.15) is 5.56 Å². The van der Waals surface area contributed by atoms with Crippen molar-refractivity contribution in [2.75, 3.05) is 14.2 Å². The van der Waals surface area contributed by atoms with Gasteiger partial charge in [-0.2, -0.15) is 0 Å². The molecule has 0 heterocycles. The summed E-state index contributed by atoms with van der Waals surface area (Å²) in [5, 5.41) is 0. The smallest absolute Gasteiger partial charge is 0.131 e. The Morgan fingerprint density at radius 3 is 2.37 bits per heavy atom. The largest absolute Gasteiger partial charge is 0.504 e. The Bertz CT molecular complexity index is 574. The average molecular weight is 258 g/mol. The molecule has 2 rings (SSSR count). The second-order valence-electron chi connectivity index (χ2n) is 4.01. The Morgan fingerprint density at radius 1 is 1.00 bits per heavy atom. The van der Waals surface area contributed by atoms with Gasteiger partial charge in [-0.15, -0.1) is 0 Å². The Kier molecular flexibility index (Phi) is 4.18. The normalized spacial score (nSPS) is 10.7. The van der Waals surface area contributed by atoms with E-state index in [2.05, 4.69) is 0 Å². The van der Waals surface area contributed by atoms with E-state index in [1.165, 1.54) is 6.07 Å². The summed E-state index contributed by atoms with van der Waals surface area (Å²) in [6.07, 6.45) is 3.44. The summed E-state index contributed by atoms with van der Waals surface area (Å²) >= 11 is 0. The fraction of sp³-hybridized carbons (Fsp3) is 0.125. The van der Waals surface area contributed by atoms with Gasteiger partial charge in [-0.3, -0.25) is 0 Å². The minimum absolute atomic E-state index is 0.263. The van der Waals surface area contributed by atoms with Crippen molar-refractivity contribution in [1.29, 1.82) is 0 Å². The van der Waals surface area contributed by atoms with Gasteiger partial charge in [0, 0.05) is 5.56 Å². The molecule has 19 heavy (non-hydrogen) atoms. The maximum Gasteiger partial charge on any atom is 0.131 e. The summed E-state index contributed by atoms with van der Waals surface area (Å²) in [6, 6.07) is 12.3. The molecule has 0 aliphatic carbocycles. The van der Waals surface area contributed by atoms with Crippen molar-refractivity contribution in [1.82, 2.24) is 0 Å². The molecular formula is C16H15FO2. The molecular weight excluding hydrogens is 243 g/mol. The van der Waals surface area contributed by atoms with Gasteiger partial charge in [-0.25, -0.2) is 4.39 Å². The lowest BCUT2D eigenvalue weighted by atomic mass is 10.0. The van der Waals surface area contributed by atoms with Gasteiger partial charge in [0.2, 0.25) is 0 Å². The minimum atomic E-state index is -0.263. The topological polar surface area (TPSA) is 18.5 Å². The van der Waals surface area contributed by atoms with Crippen molar-refractivity contribution in [2.45, 2.75) is 0 Å². The molecule has 0 bridgehead atoms. The van der Waals surface area contributed by atoms with Crippen molar-refractivity contribution in [2.24, 2.45) is 0 Å². The second kappa shape index (κ2) is 6.05. The molecule has 0 N–H and O–H groups in total. The van der Waals surface area contributed by atoms with Crippen molar-refractivity contribution >= 4 is 6.08 Å². The molecule has 3 heteroatoms. The van der Waals surface area contributed by atoms with Crippen LogP contribution >= 0.6 is 0 Å². The van der Waals surface area contributed by atoms with Gasteiger partial charge in [0.25, 0.3) is 0 Å². The van der Waals surface area contributed by atoms with E-state index in [9.17, 15) is 4.39 Å². The molecule has 0 atom stereocenters. The van der Waals surface area contributed by atoms with E-state index < -0.39 is 0 Å². The molecule has 0 saturated heterocycles. The van der Waals surface area contributed by atoms with E-state index in [4.69, 9.17) is 9.47 Å². The molecule has 0 fully saturated rings. The van der Waals surface area contributed by atoms with Gasteiger partial charge in [0.05, 0.1) is 20.5 Å². The monoisotopic (exact) mass is 258 g/mol. The number of benzene rings is 2. The molecule has 0 unspecified atom stereocenters. The summed E-state index contributed by atoms with van der Waals surface area (Å²) in [6.45, 7) is 0. The first kappa shape index (κ1) is 13.1. The molecule has 2 aromatic rings. The van der Waals surface area contributed by atoms with E-state index in [-0.39, 0.29) is 5.82 Å². The third-order valence-electron chi connectivity index (χ3n) is 2.79. The predicted octanol–water partition coefficient (Wildman–Crippen LogP) is 4.12. The van der Waals surface area contributed by atoms with Crippen molar-refractivity contribution < 1.29 is 13.9 Å². The summed E-state index contributed by atoms with van der Waals surface area (Å²) in [5.74, 6) is 0.376. The van der Waals surface area contributed by atoms with E-state index in [0.717, 1.165) is 11.1 Å². The third-order valence-corrected chi connectivity index (χ3v) is 2.79. The summed E-state index contributed by atoms with van der Waals surface area (Å²) in [4.78, 5) is 0. The van der Waals surface area contributed by atoms with Gasteiger partial charge >= 0.3 is 0 Å². The first-order valence-corrected chi connectivity index (χ1v) is 5.88. The number of rotatable bonds is 4. The lowest BCUT2D eigenvalue weighted by Crippen LogP contribution is -1.88. The number of hydrogen-bond acceptors (Lipinski definition) is 2. The van der Waals surface area contributed by atoms with Crippen LogP contribution in [-0.2, 0) is 4.74 Å². The highest BCUT2D eigenvalue weighted by Gasteiger charge is 2.06. The third kappa shape index (κ3) is 3.13. The predicted molar refractivity (Wildman–Crippen MR) is 74.4 cm³/mol. The number of methoxy groups -OCH3 is 2. The Morgan fingerprint density at radius 2 is 1.74 bits per heavy atom. The van der Waals surface area contributed by atoms with Crippen LogP contribution in [-0.4, -0.2) is 14.2 Å². The van der Waals surface area contributed by atoms with Gasteiger partial charge in [0.1, 0.15) is 11.6 Å². The zero-order valence-electron chi connectivity index (χ0n) is 10.9. The van der Waals surface area contributed by atoms with Crippen LogP contribution in [0.3, 0.4) is 0 Å². The molecule has 2 nitrogen and oxygen atoms in total. The van der Waals surface area contributed by atoms with E-state index in [1.54, 1.807) is 32.6 Å². The Labute approximate surface area is 112 Å². The summed E-state index contributed by atoms with van der Waals surface area (Å²) < 4.78 is 23.8. The zero-order valence-corrected chi connectivity index (χ0v) is 10.9. The fourth-order valence-electron chi connectivity index (χ4n) is 1.77. The lowest BCUT2D eigenvalue weighted by molar-refractivity contribution is 0.341. The van der Waals surface area contributed by atoms with E-state index in [0.29, 0.717) is 11.3 Å². The summed E-state index contributed by atoms with van der Waals surface area (Å²) in [7, 11) is 3.16. The van der Waals surface area contributed by atoms with Gasteiger partial charge < -0.3 is 9.47 Å². The fourth-order valence-corrected chi connectivity index (χ4v) is 1.77. The minimum Gasteiger partial charge on any atom is -0.504 e. The maximum atomic E-state index is 13.8. The molecule has 0 saturated carbocycles. The quantitative estimate of drug-likeness (QED) is 0.768. The molecule has 0 aliphatic heterocycles. The van der Waals surface area contributed by atoms with Crippen LogP contribution in [0.2, 0.25) is 0 Å². The van der Waals surface area contributed by atoms with Crippen LogP contribution in [0, 0.1) is 5.82 Å². The second-order valence-corrected chi connectivity index (χ2v) is 4.01. The van der Waals surface area contributed by atoms with Crippen LogP contribution in [0.4, 0.5) is 4.39 Å². The molecule has 2 aromatic carbocycles. The highest BCUT2D eigenvalue weighted by atomic mass is 19.1. The molecule has 0 aliphatic rings. The van der Waals surface area contributed by atoms with Gasteiger partial charge in [0.15, 0.2) is 0 Å². The Hall–Kier alpha value is -2.29. The number of halogens is 1. The number of ether oxygens (including phenoxy) is 2. The highest BCUT2D eigenvalue weighted by molar-refractivity contribution is 5.67. The molecule has 0 radical (unpaired) electrons. The van der Waals surface area contributed by atoms with Crippen LogP contribution in [0.15, 0.2) is 48.7 Å². The number of hydrogen-bond donors (Lipinski definition) is 0. The molecule has 0 spiro atoms. The van der Waals surface area contributed by atoms with Crippen LogP contribution < -0.4 is 4.74 Å². The van der Waals surface area contributed by atoms with Crippen molar-refractivity contribution in [3.63, 3.8) is 0 Å². The lowest BCUT2D eigenvalue weighted by Gasteiger charge is -2.06. The van der Waals surface area contributed by atoms with Gasteiger partial charge in [-0.05, 0) is 35.4 Å². The van der Waals surface area contributed by atoms with E-state index >= 15 is 0 Å². The average Bonchev–Trinajstić information content (AvgIpc) is 2.46. The first-order chi connectivity index (χ1) is 9.24. The Balaban J connectivity index is 2.34. The highest BCUT2D eigenvalue weighted by Crippen LogP contribution is 2.27. The van der Waals surface area contributed by atoms with E-state index in [1.807, 2.05) is 30.3 Å². The standard InChI is InChI=1S/C16H15FO2/c1-18-10-9-12-3-5-13(6-4-12)15-11-14(19-2)7-8-16(15)17/h3-11H,1-2H3. The van der Waals surface area contributed by atoms with Crippen LogP contribution in [0.5, 0.6) is 5.75 Å². The van der Waals surface area contributed by atoms with Crippen molar-refractivity contribution in [3.05, 3.63) is 60.1 Å². The van der Waals surface area contributed by atoms with Crippen molar-refractivity contribution in [3.8, 4) is 16.9 Å². The molecule has 0 aromatic heterocycles. The maximum absolute atomic E-state index is 13.8. The zero-order chi connectivity index (χ0) is 13.7. The molecule has 98 valence electrons. The van der Waals surface area contributed by atoms with Crippen LogP contribution in [0.25, 0.3) is 17.2 Å². The SMILES string of the molecule is COC=Cc1ccc(-c2cc(OC)ccc2F)cc1. The molecule has 0 amide bonds.